The monoisotopic (exact) mass is 569 g/mol. The summed E-state index contributed by atoms with van der Waals surface area (Å²) in [6.07, 6.45) is 0.802. The van der Waals surface area contributed by atoms with Crippen molar-refractivity contribution in [2.45, 2.75) is 25.9 Å². The van der Waals surface area contributed by atoms with Gasteiger partial charge in [0.1, 0.15) is 0 Å². The normalized spacial score (nSPS) is 14.4. The first kappa shape index (κ1) is 28.1. The molecule has 4 aromatic carbocycles. The maximum Gasteiger partial charge on any atom is 0.283 e. The summed E-state index contributed by atoms with van der Waals surface area (Å²) in [6, 6.07) is 36.8. The molecule has 2 heterocycles. The Hall–Kier alpha value is -5.01. The highest BCUT2D eigenvalue weighted by atomic mass is 16.2. The lowest BCUT2D eigenvalue weighted by atomic mass is 9.93. The van der Waals surface area contributed by atoms with Gasteiger partial charge < -0.3 is 9.80 Å². The van der Waals surface area contributed by atoms with Gasteiger partial charge in [-0.25, -0.2) is 4.68 Å². The zero-order valence-corrected chi connectivity index (χ0v) is 24.7. The third-order valence-electron chi connectivity index (χ3n) is 7.89. The molecule has 1 aromatic heterocycles. The molecule has 0 saturated carbocycles. The van der Waals surface area contributed by atoms with E-state index >= 15 is 0 Å². The van der Waals surface area contributed by atoms with Gasteiger partial charge in [0.05, 0.1) is 11.3 Å². The lowest BCUT2D eigenvalue weighted by molar-refractivity contribution is 0.0606. The van der Waals surface area contributed by atoms with Crippen LogP contribution in [-0.4, -0.2) is 58.1 Å². The SMILES string of the molecule is Cc1cc(C(=O)N(c2ccccc2)c2ccccc2)nn1-c1ccccc1C(=O)N1Cc2ccccc2C[C@H]1CN(C)C. The summed E-state index contributed by atoms with van der Waals surface area (Å²) in [4.78, 5) is 34.1. The molecule has 1 aliphatic heterocycles. The summed E-state index contributed by atoms with van der Waals surface area (Å²) in [6.45, 7) is 3.22. The van der Waals surface area contributed by atoms with Crippen molar-refractivity contribution in [3.05, 3.63) is 143 Å². The molecule has 0 fully saturated rings. The number of aromatic nitrogens is 2. The number of nitrogens with zero attached hydrogens (tertiary/aromatic N) is 5. The van der Waals surface area contributed by atoms with Crippen molar-refractivity contribution in [2.24, 2.45) is 0 Å². The third-order valence-corrected chi connectivity index (χ3v) is 7.89. The molecule has 0 aliphatic carbocycles. The van der Waals surface area contributed by atoms with Crippen molar-refractivity contribution < 1.29 is 9.59 Å². The molecule has 0 saturated heterocycles. The maximum atomic E-state index is 14.3. The number of amides is 2. The highest BCUT2D eigenvalue weighted by molar-refractivity contribution is 6.10. The van der Waals surface area contributed by atoms with Crippen LogP contribution < -0.4 is 4.90 Å². The summed E-state index contributed by atoms with van der Waals surface area (Å²) in [7, 11) is 4.08. The fourth-order valence-corrected chi connectivity index (χ4v) is 5.88. The zero-order valence-electron chi connectivity index (χ0n) is 24.7. The standard InChI is InChI=1S/C36H35N5O2/c1-26-22-33(36(43)40(29-16-6-4-7-17-29)30-18-8-5-9-19-30)37-41(26)34-21-13-12-20-32(34)35(42)39-24-28-15-11-10-14-27(28)23-31(39)25-38(2)3/h4-22,31H,23-25H2,1-3H3/t31-/m0/s1. The van der Waals surface area contributed by atoms with Crippen LogP contribution in [0.1, 0.15) is 37.7 Å². The molecule has 0 radical (unpaired) electrons. The summed E-state index contributed by atoms with van der Waals surface area (Å²) < 4.78 is 1.72. The van der Waals surface area contributed by atoms with Crippen LogP contribution in [0.2, 0.25) is 0 Å². The van der Waals surface area contributed by atoms with Gasteiger partial charge in [-0.05, 0) is 81.0 Å². The fourth-order valence-electron chi connectivity index (χ4n) is 5.88. The van der Waals surface area contributed by atoms with E-state index in [2.05, 4.69) is 23.1 Å². The second-order valence-electron chi connectivity index (χ2n) is 11.2. The van der Waals surface area contributed by atoms with Crippen LogP contribution in [0.3, 0.4) is 0 Å². The number of benzene rings is 4. The first-order valence-electron chi connectivity index (χ1n) is 14.5. The number of rotatable bonds is 7. The van der Waals surface area contributed by atoms with Crippen LogP contribution in [0.4, 0.5) is 11.4 Å². The molecule has 1 atom stereocenters. The lowest BCUT2D eigenvalue weighted by Crippen LogP contribution is -2.49. The van der Waals surface area contributed by atoms with E-state index in [1.807, 2.05) is 117 Å². The highest BCUT2D eigenvalue weighted by Crippen LogP contribution is 2.30. The minimum absolute atomic E-state index is 0.0339. The van der Waals surface area contributed by atoms with Crippen LogP contribution in [0.15, 0.2) is 115 Å². The van der Waals surface area contributed by atoms with Crippen molar-refractivity contribution in [2.75, 3.05) is 25.5 Å². The Labute approximate surface area is 252 Å². The predicted molar refractivity (Wildman–Crippen MR) is 170 cm³/mol. The number of aryl methyl sites for hydroxylation is 1. The minimum atomic E-state index is -0.248. The largest absolute Gasteiger partial charge is 0.330 e. The molecule has 5 aromatic rings. The molecular formula is C36H35N5O2. The smallest absolute Gasteiger partial charge is 0.283 e. The number of anilines is 2. The molecule has 43 heavy (non-hydrogen) atoms. The van der Waals surface area contributed by atoms with Gasteiger partial charge in [0.25, 0.3) is 11.8 Å². The van der Waals surface area contributed by atoms with Crippen LogP contribution in [0.5, 0.6) is 0 Å². The molecule has 0 N–H and O–H groups in total. The Balaban J connectivity index is 1.36. The van der Waals surface area contributed by atoms with Gasteiger partial charge >= 0.3 is 0 Å². The molecule has 7 heteroatoms. The van der Waals surface area contributed by atoms with E-state index in [0.29, 0.717) is 23.5 Å². The van der Waals surface area contributed by atoms with E-state index in [1.165, 1.54) is 11.1 Å². The van der Waals surface area contributed by atoms with Crippen LogP contribution in [-0.2, 0) is 13.0 Å². The van der Waals surface area contributed by atoms with Gasteiger partial charge in [0.2, 0.25) is 0 Å². The van der Waals surface area contributed by atoms with Gasteiger partial charge in [-0.1, -0.05) is 72.8 Å². The first-order valence-corrected chi connectivity index (χ1v) is 14.5. The topological polar surface area (TPSA) is 61.7 Å². The average Bonchev–Trinajstić information content (AvgIpc) is 3.42. The Kier molecular flexibility index (Phi) is 7.90. The maximum absolute atomic E-state index is 14.3. The zero-order chi connectivity index (χ0) is 29.9. The molecule has 216 valence electrons. The molecule has 6 rings (SSSR count). The summed E-state index contributed by atoms with van der Waals surface area (Å²) in [5.74, 6) is -0.295. The van der Waals surface area contributed by atoms with E-state index in [1.54, 1.807) is 15.6 Å². The molecule has 7 nitrogen and oxygen atoms in total. The van der Waals surface area contributed by atoms with Gasteiger partial charge in [0, 0.05) is 36.2 Å². The van der Waals surface area contributed by atoms with Crippen molar-refractivity contribution in [3.8, 4) is 5.69 Å². The van der Waals surface area contributed by atoms with E-state index in [0.717, 1.165) is 30.0 Å². The van der Waals surface area contributed by atoms with Crippen molar-refractivity contribution in [1.29, 1.82) is 0 Å². The average molecular weight is 570 g/mol. The van der Waals surface area contributed by atoms with E-state index in [4.69, 9.17) is 5.10 Å². The molecule has 0 unspecified atom stereocenters. The Morgan fingerprint density at radius 2 is 1.37 bits per heavy atom. The molecule has 0 bridgehead atoms. The molecule has 0 spiro atoms. The Morgan fingerprint density at radius 3 is 2.02 bits per heavy atom. The lowest BCUT2D eigenvalue weighted by Gasteiger charge is -2.38. The molecule has 1 aliphatic rings. The van der Waals surface area contributed by atoms with Gasteiger partial charge in [-0.2, -0.15) is 5.10 Å². The quantitative estimate of drug-likeness (QED) is 0.231. The number of fused-ring (bicyclic) bond motifs is 1. The van der Waals surface area contributed by atoms with Crippen molar-refractivity contribution >= 4 is 23.2 Å². The fraction of sp³-hybridized carbons (Fsp3) is 0.194. The van der Waals surface area contributed by atoms with Crippen LogP contribution in [0, 0.1) is 6.92 Å². The number of hydrogen-bond donors (Lipinski definition) is 0. The Morgan fingerprint density at radius 1 is 0.791 bits per heavy atom. The number of carbonyl (C=O) groups excluding carboxylic acids is 2. The van der Waals surface area contributed by atoms with Crippen LogP contribution in [0.25, 0.3) is 5.69 Å². The highest BCUT2D eigenvalue weighted by Gasteiger charge is 2.32. The third kappa shape index (κ3) is 5.72. The number of para-hydroxylation sites is 3. The number of likely N-dealkylation sites (N-methyl/N-ethyl adjacent to an activating group) is 1. The first-order chi connectivity index (χ1) is 20.9. The number of hydrogen-bond acceptors (Lipinski definition) is 4. The van der Waals surface area contributed by atoms with E-state index in [9.17, 15) is 9.59 Å². The second-order valence-corrected chi connectivity index (χ2v) is 11.2. The van der Waals surface area contributed by atoms with E-state index in [-0.39, 0.29) is 17.9 Å². The molecule has 2 amide bonds. The van der Waals surface area contributed by atoms with Crippen molar-refractivity contribution in [3.63, 3.8) is 0 Å². The minimum Gasteiger partial charge on any atom is -0.330 e. The summed E-state index contributed by atoms with van der Waals surface area (Å²) in [5.41, 5.74) is 6.23. The van der Waals surface area contributed by atoms with Crippen LogP contribution >= 0.6 is 0 Å². The Bertz CT molecular complexity index is 1710. The van der Waals surface area contributed by atoms with E-state index < -0.39 is 0 Å². The summed E-state index contributed by atoms with van der Waals surface area (Å²) in [5, 5.41) is 4.79. The predicted octanol–water partition coefficient (Wildman–Crippen LogP) is 6.29. The number of carbonyl (C=O) groups is 2. The summed E-state index contributed by atoms with van der Waals surface area (Å²) >= 11 is 0. The van der Waals surface area contributed by atoms with Gasteiger partial charge in [-0.15, -0.1) is 0 Å². The van der Waals surface area contributed by atoms with Crippen molar-refractivity contribution in [1.82, 2.24) is 19.6 Å². The molecular weight excluding hydrogens is 534 g/mol. The van der Waals surface area contributed by atoms with Gasteiger partial charge in [0.15, 0.2) is 5.69 Å². The second kappa shape index (κ2) is 12.1. The van der Waals surface area contributed by atoms with Gasteiger partial charge in [-0.3, -0.25) is 14.5 Å².